The predicted molar refractivity (Wildman–Crippen MR) is 102 cm³/mol. The lowest BCUT2D eigenvalue weighted by molar-refractivity contribution is -0.138. The average Bonchev–Trinajstić information content (AvgIpc) is 3.19. The Hall–Kier alpha value is -2.57. The number of nitrogens with one attached hydrogen (secondary N) is 1. The van der Waals surface area contributed by atoms with Crippen LogP contribution in [0.1, 0.15) is 44.1 Å². The fourth-order valence-electron chi connectivity index (χ4n) is 4.57. The van der Waals surface area contributed by atoms with Crippen LogP contribution in [0.5, 0.6) is 0 Å². The Morgan fingerprint density at radius 1 is 1.14 bits per heavy atom. The number of likely N-dealkylation sites (tertiary alicyclic amines) is 1. The van der Waals surface area contributed by atoms with Gasteiger partial charge >= 0.3 is 0 Å². The first-order valence-electron chi connectivity index (χ1n) is 9.88. The van der Waals surface area contributed by atoms with Crippen LogP contribution in [0.25, 0.3) is 0 Å². The molecule has 1 saturated heterocycles. The number of anilines is 1. The van der Waals surface area contributed by atoms with Crippen LogP contribution in [0.15, 0.2) is 36.5 Å². The highest BCUT2D eigenvalue weighted by atomic mass is 19.1. The molecule has 2 heterocycles. The molecule has 0 unspecified atom stereocenters. The maximum Gasteiger partial charge on any atom is 0.233 e. The number of carbonyl (C=O) groups is 1. The SMILES string of the molecule is O=C(N1CCC(Nc2cccnn2)CC1)C1(c2ccc(F)cc2F)CCCC1. The number of rotatable bonds is 4. The van der Waals surface area contributed by atoms with E-state index in [0.29, 0.717) is 31.5 Å². The molecule has 1 aromatic heterocycles. The van der Waals surface area contributed by atoms with E-state index in [-0.39, 0.29) is 11.9 Å². The molecule has 5 nitrogen and oxygen atoms in total. The van der Waals surface area contributed by atoms with Crippen LogP contribution in [0, 0.1) is 11.6 Å². The van der Waals surface area contributed by atoms with E-state index in [1.54, 1.807) is 6.20 Å². The number of piperidine rings is 1. The minimum atomic E-state index is -0.858. The molecule has 7 heteroatoms. The van der Waals surface area contributed by atoms with Gasteiger partial charge in [-0.25, -0.2) is 8.78 Å². The van der Waals surface area contributed by atoms with Crippen LogP contribution >= 0.6 is 0 Å². The minimum Gasteiger partial charge on any atom is -0.366 e. The Balaban J connectivity index is 1.47. The van der Waals surface area contributed by atoms with E-state index in [1.165, 1.54) is 12.1 Å². The summed E-state index contributed by atoms with van der Waals surface area (Å²) in [6.45, 7) is 1.22. The van der Waals surface area contributed by atoms with Crippen LogP contribution in [0.4, 0.5) is 14.6 Å². The Morgan fingerprint density at radius 3 is 2.54 bits per heavy atom. The van der Waals surface area contributed by atoms with Gasteiger partial charge in [0, 0.05) is 37.0 Å². The number of benzene rings is 1. The fourth-order valence-corrected chi connectivity index (χ4v) is 4.57. The molecule has 0 bridgehead atoms. The summed E-state index contributed by atoms with van der Waals surface area (Å²) in [5.41, 5.74) is -0.514. The predicted octanol–water partition coefficient (Wildman–Crippen LogP) is 3.67. The van der Waals surface area contributed by atoms with Gasteiger partial charge in [0.15, 0.2) is 0 Å². The van der Waals surface area contributed by atoms with Gasteiger partial charge < -0.3 is 10.2 Å². The fraction of sp³-hybridized carbons (Fsp3) is 0.476. The largest absolute Gasteiger partial charge is 0.366 e. The van der Waals surface area contributed by atoms with Crippen molar-refractivity contribution in [2.75, 3.05) is 18.4 Å². The first-order chi connectivity index (χ1) is 13.6. The summed E-state index contributed by atoms with van der Waals surface area (Å²) in [6, 6.07) is 7.52. The molecule has 2 aromatic rings. The molecule has 4 rings (SSSR count). The molecule has 1 saturated carbocycles. The summed E-state index contributed by atoms with van der Waals surface area (Å²) >= 11 is 0. The van der Waals surface area contributed by atoms with Gasteiger partial charge in [-0.3, -0.25) is 4.79 Å². The maximum absolute atomic E-state index is 14.5. The van der Waals surface area contributed by atoms with E-state index in [1.807, 2.05) is 17.0 Å². The smallest absolute Gasteiger partial charge is 0.233 e. The van der Waals surface area contributed by atoms with Crippen molar-refractivity contribution in [1.82, 2.24) is 15.1 Å². The molecule has 2 aliphatic rings. The Kier molecular flexibility index (Phi) is 5.24. The van der Waals surface area contributed by atoms with E-state index in [9.17, 15) is 13.6 Å². The van der Waals surface area contributed by atoms with Crippen LogP contribution in [0.3, 0.4) is 0 Å². The third-order valence-electron chi connectivity index (χ3n) is 6.02. The van der Waals surface area contributed by atoms with Gasteiger partial charge in [-0.2, -0.15) is 5.10 Å². The van der Waals surface area contributed by atoms with E-state index in [2.05, 4.69) is 15.5 Å². The number of amides is 1. The summed E-state index contributed by atoms with van der Waals surface area (Å²) in [6.07, 6.45) is 6.22. The second kappa shape index (κ2) is 7.81. The molecule has 0 atom stereocenters. The van der Waals surface area contributed by atoms with Crippen molar-refractivity contribution in [3.05, 3.63) is 53.7 Å². The lowest BCUT2D eigenvalue weighted by Gasteiger charge is -2.39. The molecule has 1 aliphatic heterocycles. The quantitative estimate of drug-likeness (QED) is 0.871. The lowest BCUT2D eigenvalue weighted by atomic mass is 9.76. The van der Waals surface area contributed by atoms with Gasteiger partial charge in [0.1, 0.15) is 17.5 Å². The van der Waals surface area contributed by atoms with Crippen LogP contribution in [-0.4, -0.2) is 40.1 Å². The van der Waals surface area contributed by atoms with Crippen LogP contribution < -0.4 is 5.32 Å². The second-order valence-electron chi connectivity index (χ2n) is 7.73. The average molecular weight is 386 g/mol. The second-order valence-corrected chi connectivity index (χ2v) is 7.73. The standard InChI is InChI=1S/C21H24F2N4O/c22-15-5-6-17(18(23)14-15)21(9-1-2-10-21)20(28)27-12-7-16(8-13-27)25-19-4-3-11-24-26-19/h3-6,11,14,16H,1-2,7-10,12-13H2,(H,25,26). The van der Waals surface area contributed by atoms with Crippen molar-refractivity contribution in [3.63, 3.8) is 0 Å². The third kappa shape index (κ3) is 3.57. The van der Waals surface area contributed by atoms with E-state index >= 15 is 0 Å². The number of nitrogens with zero attached hydrogens (tertiary/aromatic N) is 3. The molecule has 2 fully saturated rings. The Labute approximate surface area is 163 Å². The third-order valence-corrected chi connectivity index (χ3v) is 6.02. The van der Waals surface area contributed by atoms with E-state index < -0.39 is 17.0 Å². The van der Waals surface area contributed by atoms with Gasteiger partial charge in [-0.15, -0.1) is 5.10 Å². The first kappa shape index (κ1) is 18.8. The summed E-state index contributed by atoms with van der Waals surface area (Å²) in [5.74, 6) is -0.520. The molecule has 1 aliphatic carbocycles. The summed E-state index contributed by atoms with van der Waals surface area (Å²) in [5, 5.41) is 11.3. The molecule has 28 heavy (non-hydrogen) atoms. The first-order valence-corrected chi connectivity index (χ1v) is 9.88. The van der Waals surface area contributed by atoms with Gasteiger partial charge in [0.25, 0.3) is 0 Å². The highest BCUT2D eigenvalue weighted by Gasteiger charge is 2.47. The number of aromatic nitrogens is 2. The molecule has 0 radical (unpaired) electrons. The number of hydrogen-bond donors (Lipinski definition) is 1. The summed E-state index contributed by atoms with van der Waals surface area (Å²) < 4.78 is 27.9. The van der Waals surface area contributed by atoms with Crippen molar-refractivity contribution in [2.45, 2.75) is 50.0 Å². The molecular formula is C21H24F2N4O. The van der Waals surface area contributed by atoms with Crippen molar-refractivity contribution in [3.8, 4) is 0 Å². The summed E-state index contributed by atoms with van der Waals surface area (Å²) in [4.78, 5) is 15.3. The molecule has 148 valence electrons. The topological polar surface area (TPSA) is 58.1 Å². The van der Waals surface area contributed by atoms with E-state index in [0.717, 1.165) is 37.6 Å². The number of halogens is 2. The summed E-state index contributed by atoms with van der Waals surface area (Å²) in [7, 11) is 0. The number of hydrogen-bond acceptors (Lipinski definition) is 4. The number of carbonyl (C=O) groups excluding carboxylic acids is 1. The van der Waals surface area contributed by atoms with Gasteiger partial charge in [0.05, 0.1) is 5.41 Å². The van der Waals surface area contributed by atoms with Gasteiger partial charge in [0.2, 0.25) is 5.91 Å². The van der Waals surface area contributed by atoms with Crippen molar-refractivity contribution in [1.29, 1.82) is 0 Å². The zero-order valence-corrected chi connectivity index (χ0v) is 15.7. The molecule has 0 spiro atoms. The lowest BCUT2D eigenvalue weighted by Crippen LogP contribution is -2.50. The van der Waals surface area contributed by atoms with Crippen molar-refractivity contribution >= 4 is 11.7 Å². The molecule has 1 aromatic carbocycles. The van der Waals surface area contributed by atoms with E-state index in [4.69, 9.17) is 0 Å². The maximum atomic E-state index is 14.5. The Morgan fingerprint density at radius 2 is 1.89 bits per heavy atom. The van der Waals surface area contributed by atoms with Gasteiger partial charge in [-0.05, 0) is 43.9 Å². The normalized spacial score (nSPS) is 19.6. The zero-order chi connectivity index (χ0) is 19.6. The highest BCUT2D eigenvalue weighted by Crippen LogP contribution is 2.44. The van der Waals surface area contributed by atoms with Crippen molar-refractivity contribution in [2.24, 2.45) is 0 Å². The zero-order valence-electron chi connectivity index (χ0n) is 15.7. The Bertz CT molecular complexity index is 832. The van der Waals surface area contributed by atoms with Crippen LogP contribution in [0.2, 0.25) is 0 Å². The highest BCUT2D eigenvalue weighted by molar-refractivity contribution is 5.89. The van der Waals surface area contributed by atoms with Gasteiger partial charge in [-0.1, -0.05) is 18.9 Å². The molecule has 1 N–H and O–H groups in total. The molecule has 1 amide bonds. The molecular weight excluding hydrogens is 362 g/mol. The van der Waals surface area contributed by atoms with Crippen LogP contribution in [-0.2, 0) is 10.2 Å². The minimum absolute atomic E-state index is 0.0199. The van der Waals surface area contributed by atoms with Crippen molar-refractivity contribution < 1.29 is 13.6 Å². The monoisotopic (exact) mass is 386 g/mol.